The first kappa shape index (κ1) is 7.40. The minimum Gasteiger partial charge on any atom is -0.398 e. The third-order valence-corrected chi connectivity index (χ3v) is 3.68. The molecule has 1 fully saturated rings. The highest BCUT2D eigenvalue weighted by molar-refractivity contribution is 6.61. The molecule has 0 amide bonds. The molecule has 1 aliphatic heterocycles. The van der Waals surface area contributed by atoms with Crippen LogP contribution in [-0.4, -0.2) is 32.9 Å². The minimum atomic E-state index is -2.68. The predicted molar refractivity (Wildman–Crippen MR) is 73.4 cm³/mol. The number of nitrogens with zero attached hydrogens (tertiary/aromatic N) is 3. The van der Waals surface area contributed by atoms with Gasteiger partial charge in [0, 0.05) is 15.8 Å². The van der Waals surface area contributed by atoms with E-state index in [1.165, 1.54) is 0 Å². The molecule has 0 unspecified atom stereocenters. The Bertz CT molecular complexity index is 848. The van der Waals surface area contributed by atoms with E-state index in [1.54, 1.807) is 0 Å². The summed E-state index contributed by atoms with van der Waals surface area (Å²) in [7, 11) is -1.05. The van der Waals surface area contributed by atoms with Crippen molar-refractivity contribution in [3.8, 4) is 0 Å². The molecule has 1 saturated heterocycles. The molecule has 0 atom stereocenters. The molecule has 3 heterocycles. The zero-order valence-corrected chi connectivity index (χ0v) is 11.2. The lowest BCUT2D eigenvalue weighted by atomic mass is 9.84. The Hall–Kier alpha value is -1.40. The van der Waals surface area contributed by atoms with E-state index in [9.17, 15) is 0 Å². The molecule has 0 bridgehead atoms. The highest BCUT2D eigenvalue weighted by atomic mass is 16.7. The summed E-state index contributed by atoms with van der Waals surface area (Å²) >= 11 is 0. The van der Waals surface area contributed by atoms with Gasteiger partial charge >= 0.3 is 7.12 Å². The second-order valence-corrected chi connectivity index (χ2v) is 5.53. The van der Waals surface area contributed by atoms with Crippen LogP contribution >= 0.6 is 0 Å². The maximum absolute atomic E-state index is 8.32. The van der Waals surface area contributed by atoms with Crippen molar-refractivity contribution >= 4 is 18.4 Å². The lowest BCUT2D eigenvalue weighted by Crippen LogP contribution is -2.41. The normalized spacial score (nSPS) is 26.4. The lowest BCUT2D eigenvalue weighted by Gasteiger charge is -2.32. The van der Waals surface area contributed by atoms with Crippen LogP contribution in [0, 0.1) is 6.85 Å². The molecule has 0 radical (unpaired) electrons. The van der Waals surface area contributed by atoms with Crippen LogP contribution in [0.1, 0.15) is 41.6 Å². The van der Waals surface area contributed by atoms with E-state index < -0.39 is 43.1 Å². The average molecular weight is 265 g/mol. The molecule has 1 aliphatic rings. The molecule has 2 aromatic rings. The number of rotatable bonds is 1. The Balaban J connectivity index is 2.27. The largest absolute Gasteiger partial charge is 0.514 e. The lowest BCUT2D eigenvalue weighted by molar-refractivity contribution is 0.00578. The van der Waals surface area contributed by atoms with Crippen molar-refractivity contribution in [1.82, 2.24) is 14.6 Å². The Morgan fingerprint density at radius 3 is 2.63 bits per heavy atom. The van der Waals surface area contributed by atoms with Gasteiger partial charge in [0.1, 0.15) is 0 Å². The Kier molecular flexibility index (Phi) is 1.48. The summed E-state index contributed by atoms with van der Waals surface area (Å²) in [5.41, 5.74) is -1.96. The molecule has 0 N–H and O–H groups in total. The third-order valence-electron chi connectivity index (χ3n) is 3.68. The van der Waals surface area contributed by atoms with Gasteiger partial charge in [-0.1, -0.05) is 0 Å². The van der Waals surface area contributed by atoms with Crippen molar-refractivity contribution in [2.75, 3.05) is 0 Å². The SMILES string of the molecule is [2H]c1nn2c(C([2H])([2H])[2H])c([2H])c(B3OC(C)(C)C(C)(C)O3)nc2c1[2H]. The van der Waals surface area contributed by atoms with E-state index >= 15 is 0 Å². The van der Waals surface area contributed by atoms with Crippen molar-refractivity contribution in [1.29, 1.82) is 0 Å². The van der Waals surface area contributed by atoms with E-state index in [-0.39, 0.29) is 17.3 Å². The van der Waals surface area contributed by atoms with Crippen molar-refractivity contribution in [2.45, 2.75) is 45.7 Å². The van der Waals surface area contributed by atoms with Gasteiger partial charge in [0.15, 0.2) is 5.65 Å². The highest BCUT2D eigenvalue weighted by Crippen LogP contribution is 2.36. The van der Waals surface area contributed by atoms with Crippen LogP contribution in [-0.2, 0) is 9.31 Å². The second kappa shape index (κ2) is 3.80. The Labute approximate surface area is 121 Å². The summed E-state index contributed by atoms with van der Waals surface area (Å²) in [5, 5.41) is 3.74. The molecule has 0 saturated carbocycles. The first-order valence-electron chi connectivity index (χ1n) is 8.99. The third kappa shape index (κ3) is 1.86. The van der Waals surface area contributed by atoms with E-state index in [1.807, 2.05) is 27.7 Å². The quantitative estimate of drug-likeness (QED) is 0.730. The number of hydrogen-bond acceptors (Lipinski definition) is 4. The van der Waals surface area contributed by atoms with E-state index in [0.717, 1.165) is 4.52 Å². The molecule has 100 valence electrons. The molecule has 3 rings (SSSR count). The first-order valence-corrected chi connectivity index (χ1v) is 5.99. The number of aromatic nitrogens is 3. The van der Waals surface area contributed by atoms with Crippen LogP contribution in [0.2, 0.25) is 0 Å². The van der Waals surface area contributed by atoms with Gasteiger partial charge in [0.2, 0.25) is 0 Å². The van der Waals surface area contributed by atoms with Crippen molar-refractivity contribution in [3.63, 3.8) is 0 Å². The van der Waals surface area contributed by atoms with Crippen LogP contribution in [0.25, 0.3) is 5.65 Å². The van der Waals surface area contributed by atoms with Crippen molar-refractivity contribution < 1.29 is 17.5 Å². The smallest absolute Gasteiger partial charge is 0.398 e. The monoisotopic (exact) mass is 265 g/mol. The van der Waals surface area contributed by atoms with E-state index in [2.05, 4.69) is 10.1 Å². The standard InChI is InChI=1S/C13H18BN3O2/c1-9-8-10(16-11-6-7-15-17(9)11)14-18-12(2,3)13(4,5)19-14/h6-8H,1-5H3/i1D3,6D,7D,8D. The summed E-state index contributed by atoms with van der Waals surface area (Å²) in [6.45, 7) is 4.64. The maximum atomic E-state index is 8.32. The number of fused-ring (bicyclic) bond motifs is 1. The highest BCUT2D eigenvalue weighted by Gasteiger charge is 2.52. The zero-order chi connectivity index (χ0) is 18.9. The van der Waals surface area contributed by atoms with Gasteiger partial charge in [-0.25, -0.2) is 9.50 Å². The van der Waals surface area contributed by atoms with Crippen LogP contribution in [0.5, 0.6) is 0 Å². The second-order valence-electron chi connectivity index (χ2n) is 5.53. The predicted octanol–water partition coefficient (Wildman–Crippen LogP) is 1.34. The molecule has 2 aromatic heterocycles. The molecule has 0 spiro atoms. The van der Waals surface area contributed by atoms with Gasteiger partial charge in [0.05, 0.1) is 27.1 Å². The molecule has 0 aromatic carbocycles. The summed E-state index contributed by atoms with van der Waals surface area (Å²) in [6, 6.07) is -0.711. The van der Waals surface area contributed by atoms with Crippen LogP contribution in [0.3, 0.4) is 0 Å². The fourth-order valence-electron chi connectivity index (χ4n) is 1.84. The number of aryl methyl sites for hydroxylation is 1. The molecule has 0 aliphatic carbocycles. The van der Waals surface area contributed by atoms with Crippen LogP contribution in [0.15, 0.2) is 18.3 Å². The van der Waals surface area contributed by atoms with E-state index in [4.69, 9.17) is 17.5 Å². The Morgan fingerprint density at radius 1 is 1.32 bits per heavy atom. The zero-order valence-electron chi connectivity index (χ0n) is 17.2. The summed E-state index contributed by atoms with van der Waals surface area (Å²) in [6.07, 6.45) is -0.413. The Morgan fingerprint density at radius 2 is 2.00 bits per heavy atom. The summed E-state index contributed by atoms with van der Waals surface area (Å²) in [4.78, 5) is 4.19. The maximum Gasteiger partial charge on any atom is 0.514 e. The first-order chi connectivity index (χ1) is 11.3. The van der Waals surface area contributed by atoms with Gasteiger partial charge in [-0.05, 0) is 40.6 Å². The molecular formula is C13H18BN3O2. The minimum absolute atomic E-state index is 0.0364. The summed E-state index contributed by atoms with van der Waals surface area (Å²) in [5.74, 6) is 0. The molecule has 6 heteroatoms. The average Bonchev–Trinajstić information content (AvgIpc) is 2.81. The van der Waals surface area contributed by atoms with Gasteiger partial charge < -0.3 is 9.31 Å². The van der Waals surface area contributed by atoms with Gasteiger partial charge in [-0.2, -0.15) is 5.10 Å². The fourth-order valence-corrected chi connectivity index (χ4v) is 1.84. The van der Waals surface area contributed by atoms with Crippen LogP contribution in [0.4, 0.5) is 0 Å². The fraction of sp³-hybridized carbons (Fsp3) is 0.538. The van der Waals surface area contributed by atoms with Gasteiger partial charge in [-0.15, -0.1) is 0 Å². The number of hydrogen-bond donors (Lipinski definition) is 0. The van der Waals surface area contributed by atoms with Crippen molar-refractivity contribution in [2.24, 2.45) is 0 Å². The molecular weight excluding hydrogens is 241 g/mol. The van der Waals surface area contributed by atoms with E-state index in [0.29, 0.717) is 0 Å². The van der Waals surface area contributed by atoms with Gasteiger partial charge in [-0.3, -0.25) is 0 Å². The van der Waals surface area contributed by atoms with Crippen LogP contribution < -0.4 is 5.59 Å². The molecule has 19 heavy (non-hydrogen) atoms. The molecule has 5 nitrogen and oxygen atoms in total. The summed E-state index contributed by atoms with van der Waals surface area (Å²) < 4.78 is 59.6. The topological polar surface area (TPSA) is 48.7 Å². The van der Waals surface area contributed by atoms with Crippen molar-refractivity contribution in [3.05, 3.63) is 24.0 Å². The van der Waals surface area contributed by atoms with Gasteiger partial charge in [0.25, 0.3) is 0 Å².